The van der Waals surface area contributed by atoms with Crippen LogP contribution in [0.2, 0.25) is 0 Å². The number of aromatic nitrogens is 2. The van der Waals surface area contributed by atoms with Crippen LogP contribution in [0.15, 0.2) is 4.47 Å². The Bertz CT molecular complexity index is 430. The van der Waals surface area contributed by atoms with Crippen LogP contribution in [0.4, 0.5) is 5.82 Å². The normalized spacial score (nSPS) is 43.2. The molecular weight excluding hydrogens is 278 g/mol. The number of aromatic amines is 1. The summed E-state index contributed by atoms with van der Waals surface area (Å²) >= 11 is 3.62. The van der Waals surface area contributed by atoms with Crippen molar-refractivity contribution in [2.24, 2.45) is 17.8 Å². The summed E-state index contributed by atoms with van der Waals surface area (Å²) in [5.74, 6) is 3.49. The largest absolute Gasteiger partial charge is 0.381 e. The van der Waals surface area contributed by atoms with Crippen LogP contribution in [-0.4, -0.2) is 10.2 Å². The Morgan fingerprint density at radius 2 is 1.65 bits per heavy atom. The number of nitrogens with one attached hydrogen (secondary N) is 1. The molecule has 1 aromatic rings. The number of anilines is 1. The molecule has 4 heteroatoms. The van der Waals surface area contributed by atoms with Crippen molar-refractivity contribution in [2.75, 3.05) is 5.73 Å². The van der Waals surface area contributed by atoms with Gasteiger partial charge in [-0.25, -0.2) is 0 Å². The molecule has 3 N–H and O–H groups in total. The molecular formula is C13H18BrN3. The molecule has 1 aromatic heterocycles. The molecule has 17 heavy (non-hydrogen) atoms. The number of hydrogen-bond donors (Lipinski definition) is 2. The van der Waals surface area contributed by atoms with Gasteiger partial charge in [0, 0.05) is 5.41 Å². The van der Waals surface area contributed by atoms with Crippen LogP contribution >= 0.6 is 15.9 Å². The topological polar surface area (TPSA) is 54.7 Å². The Hall–Kier alpha value is -0.510. The summed E-state index contributed by atoms with van der Waals surface area (Å²) in [6, 6.07) is 0. The molecule has 4 bridgehead atoms. The van der Waals surface area contributed by atoms with Gasteiger partial charge in [0.1, 0.15) is 0 Å². The first-order valence-electron chi connectivity index (χ1n) is 6.66. The fourth-order valence-corrected chi connectivity index (χ4v) is 5.71. The van der Waals surface area contributed by atoms with Crippen molar-refractivity contribution in [3.8, 4) is 0 Å². The Morgan fingerprint density at radius 1 is 1.12 bits per heavy atom. The first-order valence-corrected chi connectivity index (χ1v) is 7.45. The lowest BCUT2D eigenvalue weighted by atomic mass is 9.49. The number of rotatable bonds is 1. The average molecular weight is 296 g/mol. The predicted octanol–water partition coefficient (Wildman–Crippen LogP) is 3.22. The molecule has 0 aromatic carbocycles. The number of nitrogens with two attached hydrogens (primary N) is 1. The number of halogens is 1. The van der Waals surface area contributed by atoms with Crippen LogP contribution < -0.4 is 5.73 Å². The third kappa shape index (κ3) is 1.36. The summed E-state index contributed by atoms with van der Waals surface area (Å²) in [7, 11) is 0. The van der Waals surface area contributed by atoms with E-state index in [9.17, 15) is 0 Å². The highest BCUT2D eigenvalue weighted by Crippen LogP contribution is 2.61. The maximum atomic E-state index is 5.87. The second-order valence-electron chi connectivity index (χ2n) is 6.50. The van der Waals surface area contributed by atoms with Crippen LogP contribution in [0.5, 0.6) is 0 Å². The third-order valence-electron chi connectivity index (χ3n) is 5.30. The van der Waals surface area contributed by atoms with Crippen LogP contribution in [0, 0.1) is 17.8 Å². The van der Waals surface area contributed by atoms with Gasteiger partial charge in [-0.15, -0.1) is 0 Å². The molecule has 0 unspecified atom stereocenters. The van der Waals surface area contributed by atoms with Crippen LogP contribution in [0.3, 0.4) is 0 Å². The SMILES string of the molecule is Nc1n[nH]c(C23CC4CC(CC(C4)C2)C3)c1Br. The lowest BCUT2D eigenvalue weighted by Crippen LogP contribution is -2.48. The quantitative estimate of drug-likeness (QED) is 0.836. The average Bonchev–Trinajstić information content (AvgIpc) is 2.58. The van der Waals surface area contributed by atoms with Gasteiger partial charge in [0.05, 0.1) is 10.2 Å². The first kappa shape index (κ1) is 10.4. The van der Waals surface area contributed by atoms with E-state index in [1.807, 2.05) is 0 Å². The van der Waals surface area contributed by atoms with Gasteiger partial charge in [-0.3, -0.25) is 5.10 Å². The summed E-state index contributed by atoms with van der Waals surface area (Å²) in [4.78, 5) is 0. The minimum Gasteiger partial charge on any atom is -0.381 e. The van der Waals surface area contributed by atoms with E-state index < -0.39 is 0 Å². The van der Waals surface area contributed by atoms with Crippen molar-refractivity contribution in [1.82, 2.24) is 10.2 Å². The van der Waals surface area contributed by atoms with E-state index in [1.54, 1.807) is 0 Å². The Labute approximate surface area is 110 Å². The highest BCUT2D eigenvalue weighted by Gasteiger charge is 2.53. The van der Waals surface area contributed by atoms with Gasteiger partial charge < -0.3 is 5.73 Å². The van der Waals surface area contributed by atoms with Crippen LogP contribution in [0.25, 0.3) is 0 Å². The van der Waals surface area contributed by atoms with Gasteiger partial charge in [0.25, 0.3) is 0 Å². The molecule has 0 radical (unpaired) electrons. The van der Waals surface area contributed by atoms with Gasteiger partial charge in [-0.2, -0.15) is 5.10 Å². The molecule has 3 nitrogen and oxygen atoms in total. The summed E-state index contributed by atoms with van der Waals surface area (Å²) in [5.41, 5.74) is 7.52. The molecule has 1 heterocycles. The van der Waals surface area contributed by atoms with Gasteiger partial charge in [-0.05, 0) is 72.2 Å². The summed E-state index contributed by atoms with van der Waals surface area (Å²) < 4.78 is 1.03. The highest BCUT2D eigenvalue weighted by molar-refractivity contribution is 9.10. The van der Waals surface area contributed by atoms with E-state index in [1.165, 1.54) is 44.2 Å². The van der Waals surface area contributed by atoms with Gasteiger partial charge in [0.15, 0.2) is 5.82 Å². The van der Waals surface area contributed by atoms with Gasteiger partial charge in [-0.1, -0.05) is 0 Å². The van der Waals surface area contributed by atoms with E-state index in [2.05, 4.69) is 26.1 Å². The van der Waals surface area contributed by atoms with E-state index in [0.717, 1.165) is 22.2 Å². The zero-order valence-corrected chi connectivity index (χ0v) is 11.5. The molecule has 4 aliphatic rings. The third-order valence-corrected chi connectivity index (χ3v) is 6.10. The van der Waals surface area contributed by atoms with Crippen LogP contribution in [-0.2, 0) is 5.41 Å². The fraction of sp³-hybridized carbons (Fsp3) is 0.769. The monoisotopic (exact) mass is 295 g/mol. The molecule has 92 valence electrons. The van der Waals surface area contributed by atoms with E-state index in [4.69, 9.17) is 5.73 Å². The molecule has 0 saturated heterocycles. The fourth-order valence-electron chi connectivity index (χ4n) is 5.11. The molecule has 0 amide bonds. The molecule has 0 aliphatic heterocycles. The zero-order chi connectivity index (χ0) is 11.6. The maximum Gasteiger partial charge on any atom is 0.159 e. The molecule has 4 saturated carbocycles. The zero-order valence-electron chi connectivity index (χ0n) is 9.88. The standard InChI is InChI=1S/C13H18BrN3/c14-10-11(16-17-12(10)15)13-4-7-1-8(5-13)3-9(2-7)6-13/h7-9H,1-6H2,(H3,15,16,17). The number of nitrogen functional groups attached to an aromatic ring is 1. The van der Waals surface area contributed by atoms with Crippen molar-refractivity contribution >= 4 is 21.7 Å². The van der Waals surface area contributed by atoms with Crippen LogP contribution in [0.1, 0.15) is 44.2 Å². The van der Waals surface area contributed by atoms with Gasteiger partial charge in [0.2, 0.25) is 0 Å². The second-order valence-corrected chi connectivity index (χ2v) is 7.29. The lowest BCUT2D eigenvalue weighted by Gasteiger charge is -2.56. The smallest absolute Gasteiger partial charge is 0.159 e. The van der Waals surface area contributed by atoms with Crippen molar-refractivity contribution in [3.05, 3.63) is 10.2 Å². The van der Waals surface area contributed by atoms with Gasteiger partial charge >= 0.3 is 0 Å². The number of H-pyrrole nitrogens is 1. The molecule has 5 rings (SSSR count). The van der Waals surface area contributed by atoms with E-state index in [-0.39, 0.29) is 0 Å². The molecule has 4 fully saturated rings. The maximum absolute atomic E-state index is 5.87. The van der Waals surface area contributed by atoms with Crippen molar-refractivity contribution in [1.29, 1.82) is 0 Å². The summed E-state index contributed by atoms with van der Waals surface area (Å²) in [6.07, 6.45) is 8.46. The Kier molecular flexibility index (Phi) is 2.01. The van der Waals surface area contributed by atoms with Crippen molar-refractivity contribution in [2.45, 2.75) is 43.9 Å². The van der Waals surface area contributed by atoms with E-state index in [0.29, 0.717) is 11.2 Å². The first-order chi connectivity index (χ1) is 8.16. The summed E-state index contributed by atoms with van der Waals surface area (Å²) in [5, 5.41) is 7.39. The Morgan fingerprint density at radius 3 is 2.06 bits per heavy atom. The Balaban J connectivity index is 1.80. The highest BCUT2D eigenvalue weighted by atomic mass is 79.9. The van der Waals surface area contributed by atoms with E-state index >= 15 is 0 Å². The molecule has 0 spiro atoms. The predicted molar refractivity (Wildman–Crippen MR) is 70.6 cm³/mol. The number of nitrogens with zero attached hydrogens (tertiary/aromatic N) is 1. The number of hydrogen-bond acceptors (Lipinski definition) is 2. The molecule has 0 atom stereocenters. The van der Waals surface area contributed by atoms with Crippen molar-refractivity contribution in [3.63, 3.8) is 0 Å². The lowest BCUT2D eigenvalue weighted by molar-refractivity contribution is -0.00754. The minimum absolute atomic E-state index is 0.359. The second kappa shape index (κ2) is 3.28. The minimum atomic E-state index is 0.359. The molecule has 4 aliphatic carbocycles. The summed E-state index contributed by atoms with van der Waals surface area (Å²) in [6.45, 7) is 0. The van der Waals surface area contributed by atoms with Crippen molar-refractivity contribution < 1.29 is 0 Å².